The van der Waals surface area contributed by atoms with E-state index in [2.05, 4.69) is 27.3 Å². The Hall–Kier alpha value is -3.25. The Morgan fingerprint density at radius 1 is 0.893 bits per heavy atom. The van der Waals surface area contributed by atoms with Gasteiger partial charge in [-0.25, -0.2) is 0 Å². The van der Waals surface area contributed by atoms with Crippen LogP contribution in [0, 0.1) is 0 Å². The summed E-state index contributed by atoms with van der Waals surface area (Å²) in [7, 11) is 0. The van der Waals surface area contributed by atoms with Crippen LogP contribution in [0.3, 0.4) is 0 Å². The number of hydrogen-bond donors (Lipinski definition) is 1. The number of fused-ring (bicyclic) bond motifs is 1. The van der Waals surface area contributed by atoms with Gasteiger partial charge in [-0.2, -0.15) is 0 Å². The zero-order chi connectivity index (χ0) is 19.3. The molecule has 3 aromatic rings. The van der Waals surface area contributed by atoms with E-state index in [1.165, 1.54) is 5.56 Å². The fraction of sp³-hybridized carbons (Fsp3) is 0.227. The number of anilines is 1. The molecule has 0 aliphatic carbocycles. The van der Waals surface area contributed by atoms with Crippen molar-refractivity contribution in [1.82, 2.24) is 14.8 Å². The summed E-state index contributed by atoms with van der Waals surface area (Å²) >= 11 is 0. The fourth-order valence-corrected chi connectivity index (χ4v) is 3.48. The molecule has 1 aromatic heterocycles. The predicted octanol–water partition coefficient (Wildman–Crippen LogP) is 2.52. The quantitative estimate of drug-likeness (QED) is 0.716. The van der Waals surface area contributed by atoms with Crippen molar-refractivity contribution in [2.75, 3.05) is 31.5 Å². The first-order valence-corrected chi connectivity index (χ1v) is 9.41. The van der Waals surface area contributed by atoms with Gasteiger partial charge in [0.05, 0.1) is 11.2 Å². The van der Waals surface area contributed by atoms with E-state index in [1.807, 2.05) is 42.5 Å². The number of nitrogens with one attached hydrogen (secondary N) is 1. The fourth-order valence-electron chi connectivity index (χ4n) is 3.48. The van der Waals surface area contributed by atoms with E-state index in [0.717, 1.165) is 25.0 Å². The van der Waals surface area contributed by atoms with Crippen LogP contribution < -0.4 is 5.32 Å². The molecule has 0 radical (unpaired) electrons. The number of amides is 2. The molecule has 1 N–H and O–H groups in total. The van der Waals surface area contributed by atoms with E-state index in [0.29, 0.717) is 24.3 Å². The molecule has 2 heterocycles. The van der Waals surface area contributed by atoms with Crippen molar-refractivity contribution in [3.8, 4) is 0 Å². The molecule has 4 rings (SSSR count). The Labute approximate surface area is 163 Å². The van der Waals surface area contributed by atoms with Crippen molar-refractivity contribution in [3.63, 3.8) is 0 Å². The third kappa shape index (κ3) is 4.02. The molecule has 28 heavy (non-hydrogen) atoms. The van der Waals surface area contributed by atoms with Crippen LogP contribution in [0.1, 0.15) is 5.56 Å². The van der Waals surface area contributed by atoms with Crippen molar-refractivity contribution < 1.29 is 9.59 Å². The average molecular weight is 374 g/mol. The van der Waals surface area contributed by atoms with Gasteiger partial charge >= 0.3 is 11.8 Å². The highest BCUT2D eigenvalue weighted by atomic mass is 16.2. The highest BCUT2D eigenvalue weighted by Gasteiger charge is 2.26. The number of aromatic nitrogens is 1. The monoisotopic (exact) mass is 374 g/mol. The number of para-hydroxylation sites is 1. The van der Waals surface area contributed by atoms with Gasteiger partial charge in [0.15, 0.2) is 0 Å². The van der Waals surface area contributed by atoms with E-state index in [-0.39, 0.29) is 0 Å². The van der Waals surface area contributed by atoms with Gasteiger partial charge in [0, 0.05) is 44.3 Å². The second-order valence-corrected chi connectivity index (χ2v) is 6.89. The van der Waals surface area contributed by atoms with E-state index in [1.54, 1.807) is 17.2 Å². The molecule has 2 aromatic carbocycles. The first-order valence-electron chi connectivity index (χ1n) is 9.41. The number of carbonyl (C=O) groups is 2. The van der Waals surface area contributed by atoms with E-state index in [9.17, 15) is 9.59 Å². The molecular formula is C22H22N4O2. The maximum absolute atomic E-state index is 12.6. The van der Waals surface area contributed by atoms with Gasteiger partial charge in [0.25, 0.3) is 0 Å². The topological polar surface area (TPSA) is 65.5 Å². The molecule has 1 saturated heterocycles. The highest BCUT2D eigenvalue weighted by molar-refractivity contribution is 6.40. The Kier molecular flexibility index (Phi) is 5.30. The first kappa shape index (κ1) is 18.1. The van der Waals surface area contributed by atoms with Crippen molar-refractivity contribution in [1.29, 1.82) is 0 Å². The zero-order valence-electron chi connectivity index (χ0n) is 15.5. The first-order chi connectivity index (χ1) is 13.7. The summed E-state index contributed by atoms with van der Waals surface area (Å²) in [5.74, 6) is -1.11. The number of hydrogen-bond acceptors (Lipinski definition) is 4. The van der Waals surface area contributed by atoms with Gasteiger partial charge in [0.2, 0.25) is 0 Å². The number of nitrogens with zero attached hydrogens (tertiary/aromatic N) is 3. The van der Waals surface area contributed by atoms with Gasteiger partial charge in [-0.3, -0.25) is 19.5 Å². The number of rotatable bonds is 3. The Bertz CT molecular complexity index is 977. The third-order valence-corrected chi connectivity index (χ3v) is 4.98. The van der Waals surface area contributed by atoms with E-state index in [4.69, 9.17) is 0 Å². The lowest BCUT2D eigenvalue weighted by Gasteiger charge is -2.34. The Morgan fingerprint density at radius 2 is 1.64 bits per heavy atom. The van der Waals surface area contributed by atoms with E-state index >= 15 is 0 Å². The molecule has 142 valence electrons. The smallest absolute Gasteiger partial charge is 0.313 e. The Morgan fingerprint density at radius 3 is 2.43 bits per heavy atom. The van der Waals surface area contributed by atoms with Gasteiger partial charge in [0.1, 0.15) is 0 Å². The second kappa shape index (κ2) is 8.19. The molecule has 2 amide bonds. The summed E-state index contributed by atoms with van der Waals surface area (Å²) in [6.45, 7) is 3.46. The molecule has 6 nitrogen and oxygen atoms in total. The van der Waals surface area contributed by atoms with E-state index < -0.39 is 11.8 Å². The maximum Gasteiger partial charge on any atom is 0.313 e. The van der Waals surface area contributed by atoms with Crippen LogP contribution in [-0.4, -0.2) is 52.8 Å². The summed E-state index contributed by atoms with van der Waals surface area (Å²) in [5.41, 5.74) is 2.49. The lowest BCUT2D eigenvalue weighted by Crippen LogP contribution is -2.51. The highest BCUT2D eigenvalue weighted by Crippen LogP contribution is 2.20. The molecular weight excluding hydrogens is 352 g/mol. The van der Waals surface area contributed by atoms with Crippen molar-refractivity contribution in [2.24, 2.45) is 0 Å². The van der Waals surface area contributed by atoms with Crippen LogP contribution in [-0.2, 0) is 16.1 Å². The van der Waals surface area contributed by atoms with Crippen LogP contribution in [0.5, 0.6) is 0 Å². The Balaban J connectivity index is 1.35. The molecule has 0 spiro atoms. The van der Waals surface area contributed by atoms with Crippen LogP contribution in [0.4, 0.5) is 5.69 Å². The molecule has 0 atom stereocenters. The predicted molar refractivity (Wildman–Crippen MR) is 109 cm³/mol. The second-order valence-electron chi connectivity index (χ2n) is 6.89. The normalized spacial score (nSPS) is 14.8. The molecule has 1 aliphatic heterocycles. The minimum absolute atomic E-state index is 0.493. The van der Waals surface area contributed by atoms with Crippen LogP contribution in [0.2, 0.25) is 0 Å². The third-order valence-electron chi connectivity index (χ3n) is 4.98. The summed E-state index contributed by atoms with van der Waals surface area (Å²) in [6, 6.07) is 19.6. The number of benzene rings is 2. The summed E-state index contributed by atoms with van der Waals surface area (Å²) in [5, 5.41) is 3.65. The molecule has 0 saturated carbocycles. The number of piperazine rings is 1. The lowest BCUT2D eigenvalue weighted by atomic mass is 10.2. The van der Waals surface area contributed by atoms with Gasteiger partial charge in [-0.15, -0.1) is 0 Å². The summed E-state index contributed by atoms with van der Waals surface area (Å²) < 4.78 is 0. The number of carbonyl (C=O) groups excluding carboxylic acids is 2. The molecule has 1 fully saturated rings. The van der Waals surface area contributed by atoms with Gasteiger partial charge in [-0.1, -0.05) is 48.5 Å². The minimum Gasteiger partial charge on any atom is -0.332 e. The maximum atomic E-state index is 12.6. The van der Waals surface area contributed by atoms with Crippen LogP contribution >= 0.6 is 0 Å². The van der Waals surface area contributed by atoms with Gasteiger partial charge in [-0.05, 0) is 17.7 Å². The average Bonchev–Trinajstić information content (AvgIpc) is 2.75. The van der Waals surface area contributed by atoms with Crippen molar-refractivity contribution in [2.45, 2.75) is 6.54 Å². The molecule has 1 aliphatic rings. The standard InChI is InChI=1S/C22H22N4O2/c27-21(24-19-10-4-8-18-9-5-11-23-20(18)19)22(28)26-14-12-25(13-15-26)16-17-6-2-1-3-7-17/h1-11H,12-16H2,(H,24,27). The van der Waals surface area contributed by atoms with Crippen molar-refractivity contribution in [3.05, 3.63) is 72.4 Å². The minimum atomic E-state index is -0.616. The molecule has 0 bridgehead atoms. The molecule has 6 heteroatoms. The SMILES string of the molecule is O=C(Nc1cccc2cccnc12)C(=O)N1CCN(Cc2ccccc2)CC1. The summed E-state index contributed by atoms with van der Waals surface area (Å²) in [6.07, 6.45) is 1.67. The van der Waals surface area contributed by atoms with Crippen molar-refractivity contribution >= 4 is 28.4 Å². The summed E-state index contributed by atoms with van der Waals surface area (Å²) in [4.78, 5) is 33.3. The number of pyridine rings is 1. The largest absolute Gasteiger partial charge is 0.332 e. The lowest BCUT2D eigenvalue weighted by molar-refractivity contribution is -0.144. The zero-order valence-corrected chi connectivity index (χ0v) is 15.5. The van der Waals surface area contributed by atoms with Crippen LogP contribution in [0.15, 0.2) is 66.9 Å². The van der Waals surface area contributed by atoms with Gasteiger partial charge < -0.3 is 10.2 Å². The van der Waals surface area contributed by atoms with Crippen LogP contribution in [0.25, 0.3) is 10.9 Å². The molecule has 0 unspecified atom stereocenters.